The number of likely N-dealkylation sites (tertiary alicyclic amines) is 1. The predicted molar refractivity (Wildman–Crippen MR) is 70.1 cm³/mol. The van der Waals surface area contributed by atoms with Gasteiger partial charge < -0.3 is 10.2 Å². The quantitative estimate of drug-likeness (QED) is 0.848. The van der Waals surface area contributed by atoms with Crippen LogP contribution < -0.4 is 5.32 Å². The van der Waals surface area contributed by atoms with Gasteiger partial charge in [-0.15, -0.1) is 0 Å². The SMILES string of the molecule is CC(C)C1CCCN1C(=O)C1CCC(C(F)(F)F)CN1. The summed E-state index contributed by atoms with van der Waals surface area (Å²) < 4.78 is 37.8. The highest BCUT2D eigenvalue weighted by atomic mass is 19.4. The van der Waals surface area contributed by atoms with Crippen molar-refractivity contribution in [3.63, 3.8) is 0 Å². The molecule has 2 aliphatic heterocycles. The van der Waals surface area contributed by atoms with Crippen molar-refractivity contribution in [3.8, 4) is 0 Å². The molecule has 2 fully saturated rings. The Morgan fingerprint density at radius 3 is 2.45 bits per heavy atom. The van der Waals surface area contributed by atoms with E-state index in [4.69, 9.17) is 0 Å². The van der Waals surface area contributed by atoms with E-state index >= 15 is 0 Å². The van der Waals surface area contributed by atoms with Crippen LogP contribution >= 0.6 is 0 Å². The van der Waals surface area contributed by atoms with Gasteiger partial charge in [0.1, 0.15) is 0 Å². The highest BCUT2D eigenvalue weighted by molar-refractivity contribution is 5.82. The fourth-order valence-electron chi connectivity index (χ4n) is 3.31. The van der Waals surface area contributed by atoms with Gasteiger partial charge in [0, 0.05) is 19.1 Å². The molecule has 0 aliphatic carbocycles. The number of hydrogen-bond acceptors (Lipinski definition) is 2. The molecule has 1 N–H and O–H groups in total. The van der Waals surface area contributed by atoms with Crippen molar-refractivity contribution in [1.29, 1.82) is 0 Å². The molecule has 2 aliphatic rings. The summed E-state index contributed by atoms with van der Waals surface area (Å²) in [5, 5.41) is 2.80. The number of halogens is 3. The van der Waals surface area contributed by atoms with Gasteiger partial charge in [-0.1, -0.05) is 13.8 Å². The fraction of sp³-hybridized carbons (Fsp3) is 0.929. The van der Waals surface area contributed by atoms with Crippen LogP contribution in [0.5, 0.6) is 0 Å². The maximum absolute atomic E-state index is 12.6. The molecule has 0 aromatic heterocycles. The van der Waals surface area contributed by atoms with Gasteiger partial charge in [-0.05, 0) is 31.6 Å². The Hall–Kier alpha value is -0.780. The molecule has 0 saturated carbocycles. The average Bonchev–Trinajstić information content (AvgIpc) is 2.86. The van der Waals surface area contributed by atoms with Crippen molar-refractivity contribution >= 4 is 5.91 Å². The zero-order chi connectivity index (χ0) is 14.9. The molecule has 20 heavy (non-hydrogen) atoms. The van der Waals surface area contributed by atoms with Crippen molar-refractivity contribution in [1.82, 2.24) is 10.2 Å². The first-order valence-corrected chi connectivity index (χ1v) is 7.41. The number of amides is 1. The Morgan fingerprint density at radius 2 is 1.95 bits per heavy atom. The number of carbonyl (C=O) groups is 1. The number of hydrogen-bond donors (Lipinski definition) is 1. The summed E-state index contributed by atoms with van der Waals surface area (Å²) in [6.45, 7) is 4.77. The van der Waals surface area contributed by atoms with Gasteiger partial charge in [-0.25, -0.2) is 0 Å². The van der Waals surface area contributed by atoms with Crippen LogP contribution in [0.15, 0.2) is 0 Å². The zero-order valence-electron chi connectivity index (χ0n) is 12.0. The van der Waals surface area contributed by atoms with Gasteiger partial charge in [0.25, 0.3) is 0 Å². The third-order valence-electron chi connectivity index (χ3n) is 4.53. The molecule has 1 amide bonds. The van der Waals surface area contributed by atoms with Gasteiger partial charge in [0.05, 0.1) is 12.0 Å². The summed E-state index contributed by atoms with van der Waals surface area (Å²) in [6, 6.07) is -0.197. The van der Waals surface area contributed by atoms with Crippen LogP contribution in [0.2, 0.25) is 0 Å². The van der Waals surface area contributed by atoms with Crippen LogP contribution in [-0.2, 0) is 4.79 Å². The van der Waals surface area contributed by atoms with Crippen molar-refractivity contribution < 1.29 is 18.0 Å². The van der Waals surface area contributed by atoms with Gasteiger partial charge in [-0.2, -0.15) is 13.2 Å². The van der Waals surface area contributed by atoms with Crippen LogP contribution in [0.3, 0.4) is 0 Å². The van der Waals surface area contributed by atoms with Crippen LogP contribution in [0.25, 0.3) is 0 Å². The molecule has 0 bridgehead atoms. The molecular weight excluding hydrogens is 269 g/mol. The van der Waals surface area contributed by atoms with E-state index in [2.05, 4.69) is 19.2 Å². The summed E-state index contributed by atoms with van der Waals surface area (Å²) in [6.07, 6.45) is -1.83. The van der Waals surface area contributed by atoms with E-state index in [1.807, 2.05) is 4.90 Å². The lowest BCUT2D eigenvalue weighted by Gasteiger charge is -2.35. The lowest BCUT2D eigenvalue weighted by atomic mass is 9.93. The van der Waals surface area contributed by atoms with Crippen LogP contribution in [0.4, 0.5) is 13.2 Å². The summed E-state index contributed by atoms with van der Waals surface area (Å²) in [5.74, 6) is -0.930. The van der Waals surface area contributed by atoms with Crippen molar-refractivity contribution in [3.05, 3.63) is 0 Å². The highest BCUT2D eigenvalue weighted by Gasteiger charge is 2.44. The van der Waals surface area contributed by atoms with Crippen LogP contribution in [0, 0.1) is 11.8 Å². The van der Waals surface area contributed by atoms with Gasteiger partial charge in [-0.3, -0.25) is 4.79 Å². The van der Waals surface area contributed by atoms with E-state index in [1.54, 1.807) is 0 Å². The van der Waals surface area contributed by atoms with E-state index in [0.29, 0.717) is 5.92 Å². The lowest BCUT2D eigenvalue weighted by Crippen LogP contribution is -2.54. The van der Waals surface area contributed by atoms with Crippen molar-refractivity contribution in [2.24, 2.45) is 11.8 Å². The molecular formula is C14H23F3N2O. The summed E-state index contributed by atoms with van der Waals surface area (Å²) in [4.78, 5) is 14.3. The lowest BCUT2D eigenvalue weighted by molar-refractivity contribution is -0.180. The number of nitrogens with one attached hydrogen (secondary N) is 1. The molecule has 2 saturated heterocycles. The summed E-state index contributed by atoms with van der Waals surface area (Å²) >= 11 is 0. The molecule has 0 spiro atoms. The Morgan fingerprint density at radius 1 is 1.25 bits per heavy atom. The second-order valence-corrected chi connectivity index (χ2v) is 6.26. The normalized spacial score (nSPS) is 31.9. The molecule has 2 rings (SSSR count). The van der Waals surface area contributed by atoms with Gasteiger partial charge in [0.15, 0.2) is 0 Å². The third-order valence-corrected chi connectivity index (χ3v) is 4.53. The largest absolute Gasteiger partial charge is 0.393 e. The molecule has 3 atom stereocenters. The third kappa shape index (κ3) is 3.27. The molecule has 3 nitrogen and oxygen atoms in total. The topological polar surface area (TPSA) is 32.3 Å². The van der Waals surface area contributed by atoms with Gasteiger partial charge >= 0.3 is 6.18 Å². The Bertz CT molecular complexity index is 349. The first kappa shape index (κ1) is 15.6. The number of alkyl halides is 3. The smallest absolute Gasteiger partial charge is 0.338 e. The van der Waals surface area contributed by atoms with Gasteiger partial charge in [0.2, 0.25) is 5.91 Å². The second-order valence-electron chi connectivity index (χ2n) is 6.26. The number of nitrogens with zero attached hydrogens (tertiary/aromatic N) is 1. The minimum atomic E-state index is -4.16. The molecule has 116 valence electrons. The minimum Gasteiger partial charge on any atom is -0.338 e. The molecule has 3 unspecified atom stereocenters. The first-order chi connectivity index (χ1) is 9.30. The fourth-order valence-corrected chi connectivity index (χ4v) is 3.31. The summed E-state index contributed by atoms with van der Waals surface area (Å²) in [7, 11) is 0. The van der Waals surface area contributed by atoms with E-state index in [9.17, 15) is 18.0 Å². The Labute approximate surface area is 117 Å². The standard InChI is InChI=1S/C14H23F3N2O/c1-9(2)12-4-3-7-19(12)13(20)11-6-5-10(8-18-11)14(15,16)17/h9-12,18H,3-8H2,1-2H3. The molecule has 0 radical (unpaired) electrons. The molecule has 0 aromatic carbocycles. The van der Waals surface area contributed by atoms with E-state index in [-0.39, 0.29) is 31.3 Å². The zero-order valence-corrected chi connectivity index (χ0v) is 12.0. The van der Waals surface area contributed by atoms with E-state index in [0.717, 1.165) is 19.4 Å². The highest BCUT2D eigenvalue weighted by Crippen LogP contribution is 2.33. The monoisotopic (exact) mass is 292 g/mol. The Kier molecular flexibility index (Phi) is 4.62. The number of piperidine rings is 1. The minimum absolute atomic E-state index is 0.0122. The van der Waals surface area contributed by atoms with Crippen LogP contribution in [0.1, 0.15) is 39.5 Å². The second kappa shape index (κ2) is 5.92. The predicted octanol–water partition coefficient (Wildman–Crippen LogP) is 2.56. The van der Waals surface area contributed by atoms with E-state index < -0.39 is 18.1 Å². The van der Waals surface area contributed by atoms with Crippen molar-refractivity contribution in [2.45, 2.75) is 57.8 Å². The maximum atomic E-state index is 12.6. The number of rotatable bonds is 2. The summed E-state index contributed by atoms with van der Waals surface area (Å²) in [5.41, 5.74) is 0. The maximum Gasteiger partial charge on any atom is 0.393 e. The van der Waals surface area contributed by atoms with Crippen LogP contribution in [-0.4, -0.2) is 42.2 Å². The van der Waals surface area contributed by atoms with E-state index in [1.165, 1.54) is 0 Å². The Balaban J connectivity index is 1.92. The first-order valence-electron chi connectivity index (χ1n) is 7.41. The van der Waals surface area contributed by atoms with Crippen molar-refractivity contribution in [2.75, 3.05) is 13.1 Å². The average molecular weight is 292 g/mol. The molecule has 2 heterocycles. The molecule has 0 aromatic rings. The molecule has 6 heteroatoms. The number of carbonyl (C=O) groups excluding carboxylic acids is 1.